The van der Waals surface area contributed by atoms with E-state index in [9.17, 15) is 0 Å². The van der Waals surface area contributed by atoms with E-state index >= 15 is 0 Å². The topological polar surface area (TPSA) is 83.2 Å². The van der Waals surface area contributed by atoms with Gasteiger partial charge in [-0.15, -0.1) is 0 Å². The SMILES string of the molecule is COc1ncccc1-c1cccnc1Oc1ccc(CCc2nc(C)no2)cc1. The molecule has 3 aromatic heterocycles. The standard InChI is InChI=1S/C22H20N4O3/c1-15-25-20(29-26-15)12-9-16-7-10-17(11-8-16)28-22-19(6-4-14-24-22)18-5-3-13-23-21(18)27-2/h3-8,10-11,13-14H,9,12H2,1-2H3. The van der Waals surface area contributed by atoms with Gasteiger partial charge in [-0.2, -0.15) is 4.98 Å². The van der Waals surface area contributed by atoms with Gasteiger partial charge in [0.05, 0.1) is 7.11 Å². The zero-order valence-electron chi connectivity index (χ0n) is 16.2. The number of benzene rings is 1. The summed E-state index contributed by atoms with van der Waals surface area (Å²) < 4.78 is 16.6. The molecular formula is C22H20N4O3. The Morgan fingerprint density at radius 2 is 1.55 bits per heavy atom. The Bertz CT molecular complexity index is 1090. The highest BCUT2D eigenvalue weighted by atomic mass is 16.5. The molecule has 0 fully saturated rings. The second kappa shape index (κ2) is 8.52. The number of aryl methyl sites for hydroxylation is 3. The Morgan fingerprint density at radius 1 is 0.862 bits per heavy atom. The van der Waals surface area contributed by atoms with Gasteiger partial charge in [-0.3, -0.25) is 0 Å². The molecule has 0 spiro atoms. The van der Waals surface area contributed by atoms with Crippen LogP contribution in [0.4, 0.5) is 0 Å². The van der Waals surface area contributed by atoms with Crippen molar-refractivity contribution in [1.82, 2.24) is 20.1 Å². The number of hydrogen-bond donors (Lipinski definition) is 0. The van der Waals surface area contributed by atoms with E-state index in [2.05, 4.69) is 20.1 Å². The molecule has 0 unspecified atom stereocenters. The fourth-order valence-corrected chi connectivity index (χ4v) is 2.96. The summed E-state index contributed by atoms with van der Waals surface area (Å²) in [6.07, 6.45) is 4.89. The summed E-state index contributed by atoms with van der Waals surface area (Å²) in [4.78, 5) is 12.9. The van der Waals surface area contributed by atoms with Gasteiger partial charge < -0.3 is 14.0 Å². The van der Waals surface area contributed by atoms with E-state index < -0.39 is 0 Å². The lowest BCUT2D eigenvalue weighted by atomic mass is 10.1. The number of pyridine rings is 2. The van der Waals surface area contributed by atoms with Crippen LogP contribution in [-0.4, -0.2) is 27.2 Å². The molecule has 0 N–H and O–H groups in total. The van der Waals surface area contributed by atoms with E-state index in [1.54, 1.807) is 19.5 Å². The van der Waals surface area contributed by atoms with E-state index in [-0.39, 0.29) is 0 Å². The average Bonchev–Trinajstić information content (AvgIpc) is 3.19. The van der Waals surface area contributed by atoms with Crippen LogP contribution < -0.4 is 9.47 Å². The second-order valence-corrected chi connectivity index (χ2v) is 6.40. The number of hydrogen-bond acceptors (Lipinski definition) is 7. The van der Waals surface area contributed by atoms with Gasteiger partial charge in [-0.05, 0) is 55.3 Å². The number of methoxy groups -OCH3 is 1. The van der Waals surface area contributed by atoms with Crippen molar-refractivity contribution in [2.75, 3.05) is 7.11 Å². The Kier molecular flexibility index (Phi) is 5.47. The molecule has 29 heavy (non-hydrogen) atoms. The van der Waals surface area contributed by atoms with Crippen molar-refractivity contribution in [3.8, 4) is 28.6 Å². The average molecular weight is 388 g/mol. The maximum Gasteiger partial charge on any atom is 0.227 e. The molecule has 4 rings (SSSR count). The lowest BCUT2D eigenvalue weighted by Gasteiger charge is -2.12. The van der Waals surface area contributed by atoms with Crippen LogP contribution in [0.25, 0.3) is 11.1 Å². The van der Waals surface area contributed by atoms with E-state index in [4.69, 9.17) is 14.0 Å². The summed E-state index contributed by atoms with van der Waals surface area (Å²) in [5.41, 5.74) is 2.79. The van der Waals surface area contributed by atoms with Crippen LogP contribution in [0.3, 0.4) is 0 Å². The smallest absolute Gasteiger partial charge is 0.227 e. The quantitative estimate of drug-likeness (QED) is 0.463. The summed E-state index contributed by atoms with van der Waals surface area (Å²) in [5, 5.41) is 3.81. The normalized spacial score (nSPS) is 10.7. The highest BCUT2D eigenvalue weighted by Crippen LogP contribution is 2.35. The second-order valence-electron chi connectivity index (χ2n) is 6.40. The van der Waals surface area contributed by atoms with Gasteiger partial charge in [-0.25, -0.2) is 9.97 Å². The molecule has 3 heterocycles. The van der Waals surface area contributed by atoms with Gasteiger partial charge in [0.25, 0.3) is 0 Å². The maximum absolute atomic E-state index is 6.05. The van der Waals surface area contributed by atoms with Crippen molar-refractivity contribution in [3.05, 3.63) is 78.2 Å². The molecule has 0 aliphatic rings. The minimum absolute atomic E-state index is 0.493. The molecule has 0 radical (unpaired) electrons. The molecule has 0 saturated carbocycles. The monoisotopic (exact) mass is 388 g/mol. The minimum Gasteiger partial charge on any atom is -0.481 e. The third kappa shape index (κ3) is 4.40. The fraction of sp³-hybridized carbons (Fsp3) is 0.182. The van der Waals surface area contributed by atoms with Crippen LogP contribution in [0, 0.1) is 6.92 Å². The number of nitrogens with zero attached hydrogens (tertiary/aromatic N) is 4. The molecule has 0 amide bonds. The molecule has 1 aromatic carbocycles. The molecular weight excluding hydrogens is 368 g/mol. The van der Waals surface area contributed by atoms with Crippen LogP contribution in [0.1, 0.15) is 17.3 Å². The van der Waals surface area contributed by atoms with Crippen LogP contribution in [0.2, 0.25) is 0 Å². The summed E-state index contributed by atoms with van der Waals surface area (Å²) in [6.45, 7) is 1.81. The highest BCUT2D eigenvalue weighted by Gasteiger charge is 2.13. The molecule has 7 heteroatoms. The third-order valence-electron chi connectivity index (χ3n) is 4.36. The van der Waals surface area contributed by atoms with Gasteiger partial charge in [0.2, 0.25) is 17.7 Å². The first-order chi connectivity index (χ1) is 14.2. The van der Waals surface area contributed by atoms with Gasteiger partial charge in [0.15, 0.2) is 5.82 Å². The molecule has 0 bridgehead atoms. The maximum atomic E-state index is 6.05. The fourth-order valence-electron chi connectivity index (χ4n) is 2.96. The first-order valence-electron chi connectivity index (χ1n) is 9.23. The first kappa shape index (κ1) is 18.6. The summed E-state index contributed by atoms with van der Waals surface area (Å²) >= 11 is 0. The van der Waals surface area contributed by atoms with Crippen LogP contribution >= 0.6 is 0 Å². The van der Waals surface area contributed by atoms with Crippen molar-refractivity contribution >= 4 is 0 Å². The van der Waals surface area contributed by atoms with Crippen molar-refractivity contribution in [3.63, 3.8) is 0 Å². The predicted octanol–water partition coefficient (Wildman–Crippen LogP) is 4.42. The number of ether oxygens (including phenoxy) is 2. The molecule has 4 aromatic rings. The van der Waals surface area contributed by atoms with Crippen LogP contribution in [0.5, 0.6) is 17.5 Å². The minimum atomic E-state index is 0.493. The largest absolute Gasteiger partial charge is 0.481 e. The van der Waals surface area contributed by atoms with Crippen LogP contribution in [-0.2, 0) is 12.8 Å². The van der Waals surface area contributed by atoms with Gasteiger partial charge >= 0.3 is 0 Å². The van der Waals surface area contributed by atoms with Gasteiger partial charge in [0.1, 0.15) is 5.75 Å². The summed E-state index contributed by atoms with van der Waals surface area (Å²) in [7, 11) is 1.59. The molecule has 7 nitrogen and oxygen atoms in total. The van der Waals surface area contributed by atoms with E-state index in [0.717, 1.165) is 23.1 Å². The van der Waals surface area contributed by atoms with Crippen molar-refractivity contribution in [2.24, 2.45) is 0 Å². The molecule has 0 atom stereocenters. The molecule has 0 aliphatic carbocycles. The highest BCUT2D eigenvalue weighted by molar-refractivity contribution is 5.73. The van der Waals surface area contributed by atoms with Crippen LogP contribution in [0.15, 0.2) is 65.4 Å². The van der Waals surface area contributed by atoms with E-state index in [0.29, 0.717) is 35.6 Å². The number of rotatable bonds is 7. The predicted molar refractivity (Wildman–Crippen MR) is 107 cm³/mol. The van der Waals surface area contributed by atoms with E-state index in [1.165, 1.54) is 0 Å². The Hall–Kier alpha value is -3.74. The Balaban J connectivity index is 1.50. The molecule has 146 valence electrons. The first-order valence-corrected chi connectivity index (χ1v) is 9.23. The van der Waals surface area contributed by atoms with Crippen molar-refractivity contribution < 1.29 is 14.0 Å². The zero-order valence-corrected chi connectivity index (χ0v) is 16.2. The number of aromatic nitrogens is 4. The Morgan fingerprint density at radius 3 is 2.21 bits per heavy atom. The molecule has 0 saturated heterocycles. The molecule has 0 aliphatic heterocycles. The van der Waals surface area contributed by atoms with Crippen molar-refractivity contribution in [2.45, 2.75) is 19.8 Å². The van der Waals surface area contributed by atoms with Crippen molar-refractivity contribution in [1.29, 1.82) is 0 Å². The summed E-state index contributed by atoms with van der Waals surface area (Å²) in [6, 6.07) is 15.5. The van der Waals surface area contributed by atoms with E-state index in [1.807, 2.05) is 55.5 Å². The lowest BCUT2D eigenvalue weighted by Crippen LogP contribution is -1.96. The lowest BCUT2D eigenvalue weighted by molar-refractivity contribution is 0.374. The Labute approximate surface area is 168 Å². The van der Waals surface area contributed by atoms with Gasteiger partial charge in [0, 0.05) is 29.9 Å². The zero-order chi connectivity index (χ0) is 20.1. The third-order valence-corrected chi connectivity index (χ3v) is 4.36. The summed E-state index contributed by atoms with van der Waals surface area (Å²) in [5.74, 6) is 3.02. The van der Waals surface area contributed by atoms with Gasteiger partial charge in [-0.1, -0.05) is 17.3 Å².